The average molecular weight is 201 g/mol. The van der Waals surface area contributed by atoms with Gasteiger partial charge in [-0.05, 0) is 18.8 Å². The molecule has 0 aromatic rings. The lowest BCUT2D eigenvalue weighted by molar-refractivity contribution is 0.0398. The first-order chi connectivity index (χ1) is 6.77. The van der Waals surface area contributed by atoms with E-state index in [-0.39, 0.29) is 6.61 Å². The molecule has 2 N–H and O–H groups in total. The largest absolute Gasteiger partial charge is 0.396 e. The van der Waals surface area contributed by atoms with Crippen LogP contribution in [0.25, 0.3) is 0 Å². The Morgan fingerprint density at radius 1 is 1.43 bits per heavy atom. The van der Waals surface area contributed by atoms with Crippen LogP contribution < -0.4 is 5.32 Å². The van der Waals surface area contributed by atoms with Crippen LogP contribution in [0.2, 0.25) is 0 Å². The molecule has 0 radical (unpaired) electrons. The average Bonchev–Trinajstić information content (AvgIpc) is 2.26. The Labute approximate surface area is 86.8 Å². The van der Waals surface area contributed by atoms with Gasteiger partial charge in [-0.1, -0.05) is 19.8 Å². The van der Waals surface area contributed by atoms with Gasteiger partial charge in [0.2, 0.25) is 0 Å². The minimum atomic E-state index is 0.261. The summed E-state index contributed by atoms with van der Waals surface area (Å²) in [5, 5.41) is 12.4. The summed E-state index contributed by atoms with van der Waals surface area (Å²) in [6.07, 6.45) is 5.32. The number of ether oxygens (including phenoxy) is 1. The van der Waals surface area contributed by atoms with Crippen molar-refractivity contribution in [2.24, 2.45) is 5.92 Å². The number of methoxy groups -OCH3 is 1. The quantitative estimate of drug-likeness (QED) is 0.701. The topological polar surface area (TPSA) is 41.5 Å². The highest BCUT2D eigenvalue weighted by molar-refractivity contribution is 4.81. The Morgan fingerprint density at radius 2 is 2.14 bits per heavy atom. The molecule has 3 unspecified atom stereocenters. The lowest BCUT2D eigenvalue weighted by atomic mass is 9.92. The molecule has 0 aromatic heterocycles. The van der Waals surface area contributed by atoms with E-state index in [1.54, 1.807) is 7.11 Å². The molecule has 1 aliphatic rings. The molecule has 1 saturated carbocycles. The highest BCUT2D eigenvalue weighted by atomic mass is 16.5. The molecule has 3 nitrogen and oxygen atoms in total. The summed E-state index contributed by atoms with van der Waals surface area (Å²) in [6, 6.07) is 0.489. The van der Waals surface area contributed by atoms with Crippen LogP contribution in [0.5, 0.6) is 0 Å². The van der Waals surface area contributed by atoms with Crippen molar-refractivity contribution >= 4 is 0 Å². The second-order valence-corrected chi connectivity index (χ2v) is 4.36. The summed E-state index contributed by atoms with van der Waals surface area (Å²) >= 11 is 0. The smallest absolute Gasteiger partial charge is 0.0724 e. The Kier molecular flexibility index (Phi) is 5.45. The van der Waals surface area contributed by atoms with Crippen LogP contribution in [0.4, 0.5) is 0 Å². The van der Waals surface area contributed by atoms with Gasteiger partial charge in [0.05, 0.1) is 6.10 Å². The van der Waals surface area contributed by atoms with E-state index in [1.807, 2.05) is 0 Å². The van der Waals surface area contributed by atoms with Crippen molar-refractivity contribution in [2.75, 3.05) is 20.3 Å². The zero-order valence-corrected chi connectivity index (χ0v) is 9.33. The molecule has 0 aromatic carbocycles. The van der Waals surface area contributed by atoms with E-state index in [1.165, 1.54) is 25.7 Å². The summed E-state index contributed by atoms with van der Waals surface area (Å²) in [5.41, 5.74) is 0. The number of aliphatic hydroxyl groups is 1. The minimum absolute atomic E-state index is 0.261. The lowest BCUT2D eigenvalue weighted by Crippen LogP contribution is -2.44. The van der Waals surface area contributed by atoms with Crippen LogP contribution in [0.15, 0.2) is 0 Å². The molecule has 0 spiro atoms. The maximum absolute atomic E-state index is 8.92. The highest BCUT2D eigenvalue weighted by Gasteiger charge is 2.24. The van der Waals surface area contributed by atoms with E-state index >= 15 is 0 Å². The fourth-order valence-corrected chi connectivity index (χ4v) is 2.03. The van der Waals surface area contributed by atoms with Gasteiger partial charge in [-0.15, -0.1) is 0 Å². The van der Waals surface area contributed by atoms with Crippen molar-refractivity contribution in [1.29, 1.82) is 0 Å². The third kappa shape index (κ3) is 3.56. The van der Waals surface area contributed by atoms with Crippen molar-refractivity contribution in [3.8, 4) is 0 Å². The predicted octanol–water partition coefficient (Wildman–Crippen LogP) is 1.16. The van der Waals surface area contributed by atoms with Crippen molar-refractivity contribution in [3.63, 3.8) is 0 Å². The summed E-state index contributed by atoms with van der Waals surface area (Å²) in [7, 11) is 1.79. The maximum Gasteiger partial charge on any atom is 0.0724 e. The van der Waals surface area contributed by atoms with Crippen LogP contribution in [0.3, 0.4) is 0 Å². The van der Waals surface area contributed by atoms with Crippen LogP contribution in [0, 0.1) is 5.92 Å². The van der Waals surface area contributed by atoms with Crippen LogP contribution in [-0.2, 0) is 4.74 Å². The van der Waals surface area contributed by atoms with E-state index in [2.05, 4.69) is 12.2 Å². The maximum atomic E-state index is 8.92. The second-order valence-electron chi connectivity index (χ2n) is 4.36. The molecule has 1 aliphatic carbocycles. The fraction of sp³-hybridized carbons (Fsp3) is 1.00. The Hall–Kier alpha value is -0.120. The van der Waals surface area contributed by atoms with Gasteiger partial charge >= 0.3 is 0 Å². The van der Waals surface area contributed by atoms with E-state index in [0.717, 1.165) is 6.54 Å². The van der Waals surface area contributed by atoms with Gasteiger partial charge in [0, 0.05) is 26.3 Å². The van der Waals surface area contributed by atoms with Gasteiger partial charge in [0.25, 0.3) is 0 Å². The van der Waals surface area contributed by atoms with Gasteiger partial charge in [-0.25, -0.2) is 0 Å². The molecule has 0 bridgehead atoms. The van der Waals surface area contributed by atoms with E-state index in [4.69, 9.17) is 9.84 Å². The predicted molar refractivity (Wildman–Crippen MR) is 57.3 cm³/mol. The molecular weight excluding hydrogens is 178 g/mol. The molecule has 3 heteroatoms. The first-order valence-corrected chi connectivity index (χ1v) is 5.65. The minimum Gasteiger partial charge on any atom is -0.396 e. The van der Waals surface area contributed by atoms with Crippen LogP contribution >= 0.6 is 0 Å². The molecular formula is C11H23NO2. The number of nitrogens with one attached hydrogen (secondary N) is 1. The van der Waals surface area contributed by atoms with E-state index in [9.17, 15) is 0 Å². The SMILES string of the molecule is COC1CCCCC1NCC(C)CO. The summed E-state index contributed by atoms with van der Waals surface area (Å²) in [6.45, 7) is 3.20. The molecule has 14 heavy (non-hydrogen) atoms. The van der Waals surface area contributed by atoms with Crippen LogP contribution in [-0.4, -0.2) is 37.5 Å². The lowest BCUT2D eigenvalue weighted by Gasteiger charge is -2.31. The molecule has 84 valence electrons. The third-order valence-corrected chi connectivity index (χ3v) is 3.05. The number of hydrogen-bond acceptors (Lipinski definition) is 3. The molecule has 0 heterocycles. The fourth-order valence-electron chi connectivity index (χ4n) is 2.03. The van der Waals surface area contributed by atoms with E-state index in [0.29, 0.717) is 18.1 Å². The van der Waals surface area contributed by atoms with Gasteiger partial charge in [0.15, 0.2) is 0 Å². The number of aliphatic hydroxyl groups excluding tert-OH is 1. The normalized spacial score (nSPS) is 30.2. The highest BCUT2D eigenvalue weighted by Crippen LogP contribution is 2.20. The second kappa shape index (κ2) is 6.38. The van der Waals surface area contributed by atoms with Gasteiger partial charge in [0.1, 0.15) is 0 Å². The van der Waals surface area contributed by atoms with Crippen LogP contribution in [0.1, 0.15) is 32.6 Å². The first kappa shape index (κ1) is 12.0. The van der Waals surface area contributed by atoms with Gasteiger partial charge < -0.3 is 15.2 Å². The molecule has 1 fully saturated rings. The van der Waals surface area contributed by atoms with Gasteiger partial charge in [-0.2, -0.15) is 0 Å². The third-order valence-electron chi connectivity index (χ3n) is 3.05. The molecule has 3 atom stereocenters. The van der Waals surface area contributed by atoms with Crippen molar-refractivity contribution < 1.29 is 9.84 Å². The molecule has 0 saturated heterocycles. The zero-order chi connectivity index (χ0) is 10.4. The Morgan fingerprint density at radius 3 is 2.79 bits per heavy atom. The van der Waals surface area contributed by atoms with E-state index < -0.39 is 0 Å². The molecule has 1 rings (SSSR count). The molecule has 0 amide bonds. The summed E-state index contributed by atoms with van der Waals surface area (Å²) in [4.78, 5) is 0. The Bertz CT molecular complexity index is 152. The van der Waals surface area contributed by atoms with Crippen molar-refractivity contribution in [3.05, 3.63) is 0 Å². The Balaban J connectivity index is 2.26. The first-order valence-electron chi connectivity index (χ1n) is 5.65. The number of hydrogen-bond donors (Lipinski definition) is 2. The summed E-state index contributed by atoms with van der Waals surface area (Å²) in [5.74, 6) is 0.342. The van der Waals surface area contributed by atoms with Gasteiger partial charge in [-0.3, -0.25) is 0 Å². The summed E-state index contributed by atoms with van der Waals surface area (Å²) < 4.78 is 5.44. The van der Waals surface area contributed by atoms with Crippen molar-refractivity contribution in [1.82, 2.24) is 5.32 Å². The van der Waals surface area contributed by atoms with Crippen molar-refractivity contribution in [2.45, 2.75) is 44.8 Å². The monoisotopic (exact) mass is 201 g/mol. The number of rotatable bonds is 5. The zero-order valence-electron chi connectivity index (χ0n) is 9.33. The molecule has 0 aliphatic heterocycles. The standard InChI is InChI=1S/C11H23NO2/c1-9(8-13)7-12-10-5-3-4-6-11(10)14-2/h9-13H,3-8H2,1-2H3.